The second-order valence-corrected chi connectivity index (χ2v) is 9.47. The van der Waals surface area contributed by atoms with Gasteiger partial charge in [-0.3, -0.25) is 9.69 Å². The largest absolute Gasteiger partial charge is 0.468 e. The Labute approximate surface area is 210 Å². The summed E-state index contributed by atoms with van der Waals surface area (Å²) in [5.74, 6) is -0.340. The van der Waals surface area contributed by atoms with Gasteiger partial charge in [-0.05, 0) is 55.3 Å². The zero-order valence-corrected chi connectivity index (χ0v) is 20.6. The standard InChI is InChI=1S/C25H24F2N6O2S/c1-32(19-8-6-16(26)12-17(19)27)22-10-7-18-23(31-22)36-25(29-18)30-21-9-5-15(13-28-21)14-33-11-3-4-20(33)24(34)35-2/h5-10,12-13,20H,3-4,11,14H2,1-2H3,(H,28,29,30). The first-order valence-corrected chi connectivity index (χ1v) is 12.2. The number of benzene rings is 1. The third-order valence-corrected chi connectivity index (χ3v) is 7.02. The first-order chi connectivity index (χ1) is 17.4. The molecule has 1 fully saturated rings. The van der Waals surface area contributed by atoms with E-state index < -0.39 is 11.6 Å². The van der Waals surface area contributed by atoms with Crippen LogP contribution in [0.5, 0.6) is 0 Å². The zero-order chi connectivity index (χ0) is 25.2. The number of nitrogens with zero attached hydrogens (tertiary/aromatic N) is 5. The lowest BCUT2D eigenvalue weighted by Crippen LogP contribution is -2.36. The quantitative estimate of drug-likeness (QED) is 0.347. The first kappa shape index (κ1) is 24.0. The summed E-state index contributed by atoms with van der Waals surface area (Å²) in [6, 6.07) is 10.6. The number of pyridine rings is 2. The predicted molar refractivity (Wildman–Crippen MR) is 135 cm³/mol. The van der Waals surface area contributed by atoms with Gasteiger partial charge in [0.15, 0.2) is 5.13 Å². The Kier molecular flexibility index (Phi) is 6.75. The Hall–Kier alpha value is -3.70. The van der Waals surface area contributed by atoms with Crippen molar-refractivity contribution in [3.05, 3.63) is 65.9 Å². The number of halogens is 2. The molecular weight excluding hydrogens is 486 g/mol. The fourth-order valence-electron chi connectivity index (χ4n) is 4.28. The summed E-state index contributed by atoms with van der Waals surface area (Å²) in [5, 5.41) is 3.82. The maximum Gasteiger partial charge on any atom is 0.323 e. The Morgan fingerprint density at radius 3 is 2.83 bits per heavy atom. The van der Waals surface area contributed by atoms with Crippen LogP contribution in [0.3, 0.4) is 0 Å². The maximum absolute atomic E-state index is 14.2. The van der Waals surface area contributed by atoms with Gasteiger partial charge in [0, 0.05) is 25.9 Å². The second-order valence-electron chi connectivity index (χ2n) is 8.50. The number of hydrogen-bond acceptors (Lipinski definition) is 9. The molecule has 36 heavy (non-hydrogen) atoms. The van der Waals surface area contributed by atoms with E-state index in [-0.39, 0.29) is 17.7 Å². The average molecular weight is 511 g/mol. The van der Waals surface area contributed by atoms with Crippen molar-refractivity contribution in [2.24, 2.45) is 0 Å². The number of carbonyl (C=O) groups excluding carboxylic acids is 1. The normalized spacial score (nSPS) is 15.8. The molecule has 186 valence electrons. The molecule has 0 bridgehead atoms. The van der Waals surface area contributed by atoms with Crippen LogP contribution in [-0.2, 0) is 16.1 Å². The van der Waals surface area contributed by atoms with E-state index in [1.807, 2.05) is 18.2 Å². The minimum atomic E-state index is -0.661. The van der Waals surface area contributed by atoms with E-state index in [0.717, 1.165) is 31.0 Å². The van der Waals surface area contributed by atoms with Crippen LogP contribution in [0, 0.1) is 11.6 Å². The number of rotatable bonds is 7. The van der Waals surface area contributed by atoms with E-state index >= 15 is 0 Å². The van der Waals surface area contributed by atoms with Crippen LogP contribution in [0.15, 0.2) is 48.7 Å². The second kappa shape index (κ2) is 10.1. The van der Waals surface area contributed by atoms with Gasteiger partial charge < -0.3 is 15.0 Å². The molecule has 1 unspecified atom stereocenters. The number of nitrogens with one attached hydrogen (secondary N) is 1. The van der Waals surface area contributed by atoms with Crippen LogP contribution < -0.4 is 10.2 Å². The number of fused-ring (bicyclic) bond motifs is 1. The molecule has 8 nitrogen and oxygen atoms in total. The number of likely N-dealkylation sites (tertiary alicyclic amines) is 1. The summed E-state index contributed by atoms with van der Waals surface area (Å²) in [7, 11) is 3.09. The lowest BCUT2D eigenvalue weighted by atomic mass is 10.2. The average Bonchev–Trinajstić information content (AvgIpc) is 3.50. The van der Waals surface area contributed by atoms with Crippen molar-refractivity contribution in [2.75, 3.05) is 30.9 Å². The van der Waals surface area contributed by atoms with E-state index in [4.69, 9.17) is 4.74 Å². The van der Waals surface area contributed by atoms with Gasteiger partial charge in [0.25, 0.3) is 0 Å². The van der Waals surface area contributed by atoms with Gasteiger partial charge in [0.1, 0.15) is 39.7 Å². The molecule has 0 radical (unpaired) electrons. The fourth-order valence-corrected chi connectivity index (χ4v) is 5.12. The molecule has 3 aromatic heterocycles. The van der Waals surface area contributed by atoms with Crippen molar-refractivity contribution < 1.29 is 18.3 Å². The molecule has 0 amide bonds. The molecule has 11 heteroatoms. The summed E-state index contributed by atoms with van der Waals surface area (Å²) in [6.07, 6.45) is 3.56. The van der Waals surface area contributed by atoms with Crippen LogP contribution in [0.2, 0.25) is 0 Å². The van der Waals surface area contributed by atoms with E-state index in [1.54, 1.807) is 24.2 Å². The number of esters is 1. The highest BCUT2D eigenvalue weighted by Gasteiger charge is 2.31. The summed E-state index contributed by atoms with van der Waals surface area (Å²) in [5.41, 5.74) is 1.92. The molecule has 1 saturated heterocycles. The molecule has 1 aromatic carbocycles. The monoisotopic (exact) mass is 510 g/mol. The third-order valence-electron chi connectivity index (χ3n) is 6.14. The molecule has 1 aliphatic rings. The summed E-state index contributed by atoms with van der Waals surface area (Å²) >= 11 is 1.35. The molecule has 0 spiro atoms. The number of anilines is 4. The number of carbonyl (C=O) groups is 1. The third kappa shape index (κ3) is 4.98. The molecular formula is C25H24F2N6O2S. The van der Waals surface area contributed by atoms with Gasteiger partial charge in [0.2, 0.25) is 0 Å². The SMILES string of the molecule is COC(=O)C1CCCN1Cc1ccc(Nc2nc3ccc(N(C)c4ccc(F)cc4F)nc3s2)nc1. The van der Waals surface area contributed by atoms with Crippen molar-refractivity contribution in [3.8, 4) is 0 Å². The van der Waals surface area contributed by atoms with Gasteiger partial charge in [-0.2, -0.15) is 0 Å². The van der Waals surface area contributed by atoms with Crippen molar-refractivity contribution in [3.63, 3.8) is 0 Å². The van der Waals surface area contributed by atoms with Crippen molar-refractivity contribution in [1.82, 2.24) is 19.9 Å². The highest BCUT2D eigenvalue weighted by atomic mass is 32.1. The Balaban J connectivity index is 1.27. The van der Waals surface area contributed by atoms with Crippen molar-refractivity contribution >= 4 is 50.1 Å². The van der Waals surface area contributed by atoms with E-state index in [1.165, 1.54) is 30.6 Å². The lowest BCUT2D eigenvalue weighted by Gasteiger charge is -2.22. The van der Waals surface area contributed by atoms with Gasteiger partial charge in [-0.25, -0.2) is 23.7 Å². The van der Waals surface area contributed by atoms with Gasteiger partial charge in [-0.1, -0.05) is 17.4 Å². The minimum absolute atomic E-state index is 0.194. The maximum atomic E-state index is 14.2. The molecule has 1 aliphatic heterocycles. The molecule has 4 heterocycles. The summed E-state index contributed by atoms with van der Waals surface area (Å²) in [4.78, 5) is 30.0. The summed E-state index contributed by atoms with van der Waals surface area (Å²) in [6.45, 7) is 1.48. The van der Waals surface area contributed by atoms with Crippen LogP contribution in [-0.4, -0.2) is 52.6 Å². The Morgan fingerprint density at radius 2 is 2.08 bits per heavy atom. The first-order valence-electron chi connectivity index (χ1n) is 11.4. The van der Waals surface area contributed by atoms with E-state index in [2.05, 4.69) is 25.2 Å². The van der Waals surface area contributed by atoms with Crippen LogP contribution in [0.1, 0.15) is 18.4 Å². The molecule has 1 N–H and O–H groups in total. The smallest absolute Gasteiger partial charge is 0.323 e. The van der Waals surface area contributed by atoms with Gasteiger partial charge in [0.05, 0.1) is 12.8 Å². The van der Waals surface area contributed by atoms with Crippen molar-refractivity contribution in [1.29, 1.82) is 0 Å². The highest BCUT2D eigenvalue weighted by molar-refractivity contribution is 7.21. The molecule has 4 aromatic rings. The van der Waals surface area contributed by atoms with E-state index in [9.17, 15) is 13.6 Å². The zero-order valence-electron chi connectivity index (χ0n) is 19.7. The minimum Gasteiger partial charge on any atom is -0.468 e. The van der Waals surface area contributed by atoms with Crippen LogP contribution in [0.4, 0.5) is 31.2 Å². The van der Waals surface area contributed by atoms with Gasteiger partial charge >= 0.3 is 5.97 Å². The molecule has 5 rings (SSSR count). The van der Waals surface area contributed by atoms with Crippen LogP contribution in [0.25, 0.3) is 10.3 Å². The topological polar surface area (TPSA) is 83.5 Å². The summed E-state index contributed by atoms with van der Waals surface area (Å²) < 4.78 is 32.4. The molecule has 1 atom stereocenters. The number of aromatic nitrogens is 3. The lowest BCUT2D eigenvalue weighted by molar-refractivity contribution is -0.146. The number of thiazole rings is 1. The molecule has 0 aliphatic carbocycles. The van der Waals surface area contributed by atoms with Gasteiger partial charge in [-0.15, -0.1) is 0 Å². The number of ether oxygens (including phenoxy) is 1. The number of methoxy groups -OCH3 is 1. The predicted octanol–water partition coefficient (Wildman–Crippen LogP) is 5.01. The Morgan fingerprint density at radius 1 is 1.22 bits per heavy atom. The van der Waals surface area contributed by atoms with Crippen molar-refractivity contribution in [2.45, 2.75) is 25.4 Å². The number of hydrogen-bond donors (Lipinski definition) is 1. The Bertz CT molecular complexity index is 1400. The van der Waals surface area contributed by atoms with E-state index in [0.29, 0.717) is 33.7 Å². The fraction of sp³-hybridized carbons (Fsp3) is 0.280. The van der Waals surface area contributed by atoms with Crippen LogP contribution >= 0.6 is 11.3 Å². The molecule has 0 saturated carbocycles. The highest BCUT2D eigenvalue weighted by Crippen LogP contribution is 2.31.